The fraction of sp³-hybridized carbons (Fsp3) is 0.214. The summed E-state index contributed by atoms with van der Waals surface area (Å²) in [5, 5.41) is 14.5. The van der Waals surface area contributed by atoms with Crippen molar-refractivity contribution in [3.63, 3.8) is 0 Å². The maximum absolute atomic E-state index is 11.4. The number of rotatable bonds is 5. The predicted molar refractivity (Wildman–Crippen MR) is 80.7 cm³/mol. The van der Waals surface area contributed by atoms with Gasteiger partial charge in [-0.15, -0.1) is 0 Å². The summed E-state index contributed by atoms with van der Waals surface area (Å²) in [4.78, 5) is 26.7. The van der Waals surface area contributed by atoms with Gasteiger partial charge < -0.3 is 25.7 Å². The molecule has 0 fully saturated rings. The van der Waals surface area contributed by atoms with E-state index < -0.39 is 18.0 Å². The number of aromatic nitrogens is 1. The average Bonchev–Trinajstić information content (AvgIpc) is 2.83. The topological polar surface area (TPSA) is 117 Å². The molecule has 2 rings (SSSR count). The van der Waals surface area contributed by atoms with Gasteiger partial charge >= 0.3 is 35.5 Å². The van der Waals surface area contributed by atoms with Crippen molar-refractivity contribution in [2.75, 3.05) is 12.8 Å². The predicted octanol–water partition coefficient (Wildman–Crippen LogP) is -2.66. The minimum absolute atomic E-state index is 0. The Labute approximate surface area is 158 Å². The van der Waals surface area contributed by atoms with Gasteiger partial charge in [-0.1, -0.05) is 17.4 Å². The molecule has 0 saturated carbocycles. The number of ether oxygens (including phenoxy) is 1. The van der Waals surface area contributed by atoms with Gasteiger partial charge in [-0.25, -0.2) is 9.78 Å². The van der Waals surface area contributed by atoms with Crippen molar-refractivity contribution in [2.45, 2.75) is 13.0 Å². The largest absolute Gasteiger partial charge is 1.00 e. The molecule has 0 aliphatic carbocycles. The number of carboxylic acid groups (broad SMARTS) is 1. The van der Waals surface area contributed by atoms with Crippen LogP contribution in [0.25, 0.3) is 10.2 Å². The number of nitrogen functional groups attached to an aromatic ring is 1. The summed E-state index contributed by atoms with van der Waals surface area (Å²) >= 11 is 1.27. The molecule has 1 aromatic carbocycles. The molecule has 23 heavy (non-hydrogen) atoms. The fourth-order valence-corrected chi connectivity index (χ4v) is 2.70. The van der Waals surface area contributed by atoms with Crippen LogP contribution in [-0.2, 0) is 14.3 Å². The summed E-state index contributed by atoms with van der Waals surface area (Å²) in [6.07, 6.45) is 1.17. The molecule has 0 saturated heterocycles. The first-order valence-electron chi connectivity index (χ1n) is 6.30. The van der Waals surface area contributed by atoms with Gasteiger partial charge in [0.1, 0.15) is 0 Å². The summed E-state index contributed by atoms with van der Waals surface area (Å²) in [5.41, 5.74) is 7.16. The number of nitrogens with zero attached hydrogens (tertiary/aromatic N) is 1. The number of thiazole rings is 1. The molecule has 1 heterocycles. The fourth-order valence-electron chi connectivity index (χ4n) is 1.92. The Bertz CT molecular complexity index is 760. The Morgan fingerprint density at radius 1 is 1.48 bits per heavy atom. The van der Waals surface area contributed by atoms with Crippen LogP contribution in [0.4, 0.5) is 5.13 Å². The van der Waals surface area contributed by atoms with E-state index in [4.69, 9.17) is 5.73 Å². The summed E-state index contributed by atoms with van der Waals surface area (Å²) in [5.74, 6) is -1.89. The van der Waals surface area contributed by atoms with Crippen molar-refractivity contribution in [3.05, 3.63) is 35.5 Å². The molecule has 0 radical (unpaired) electrons. The molecule has 0 bridgehead atoms. The first kappa shape index (κ1) is 19.4. The van der Waals surface area contributed by atoms with E-state index in [-0.39, 0.29) is 29.6 Å². The molecule has 2 aromatic rings. The van der Waals surface area contributed by atoms with E-state index in [1.165, 1.54) is 24.5 Å². The molecule has 0 amide bonds. The number of esters is 1. The number of benzene rings is 1. The van der Waals surface area contributed by atoms with Crippen molar-refractivity contribution in [1.82, 2.24) is 10.3 Å². The summed E-state index contributed by atoms with van der Waals surface area (Å²) in [7, 11) is 1.24. The second kappa shape index (κ2) is 8.30. The Hall–Kier alpha value is -1.61. The standard InChI is InChI=1S/C14H15N3O4S.Na/c1-7(5-11(18)21-2)16-12(13(19)20)8-3-4-9-10(6-8)22-14(15)17-9;/h3-6,12,16H,1-2H3,(H2,15,17)(H,19,20);/q;+1/p-1/b7-5+;. The number of allylic oxidation sites excluding steroid dienone is 1. The maximum Gasteiger partial charge on any atom is 1.00 e. The molecule has 7 nitrogen and oxygen atoms in total. The van der Waals surface area contributed by atoms with Crippen molar-refractivity contribution in [1.29, 1.82) is 0 Å². The second-order valence-electron chi connectivity index (χ2n) is 4.53. The number of methoxy groups -OCH3 is 1. The summed E-state index contributed by atoms with van der Waals surface area (Å²) < 4.78 is 5.27. The Morgan fingerprint density at radius 2 is 2.17 bits per heavy atom. The number of aliphatic carboxylic acids is 1. The number of carbonyl (C=O) groups is 2. The van der Waals surface area contributed by atoms with Crippen LogP contribution in [0.1, 0.15) is 18.5 Å². The van der Waals surface area contributed by atoms with Crippen LogP contribution < -0.4 is 45.7 Å². The van der Waals surface area contributed by atoms with E-state index >= 15 is 0 Å². The Balaban J connectivity index is 0.00000264. The molecule has 0 aliphatic heterocycles. The van der Waals surface area contributed by atoms with Crippen LogP contribution in [-0.4, -0.2) is 24.0 Å². The average molecular weight is 343 g/mol. The van der Waals surface area contributed by atoms with Crippen LogP contribution in [0.3, 0.4) is 0 Å². The maximum atomic E-state index is 11.4. The molecule has 1 aromatic heterocycles. The summed E-state index contributed by atoms with van der Waals surface area (Å²) in [6.45, 7) is 1.57. The van der Waals surface area contributed by atoms with Crippen LogP contribution in [0.5, 0.6) is 0 Å². The Morgan fingerprint density at radius 3 is 2.78 bits per heavy atom. The molecule has 1 atom stereocenters. The van der Waals surface area contributed by atoms with Gasteiger partial charge in [0.2, 0.25) is 0 Å². The van der Waals surface area contributed by atoms with Gasteiger partial charge in [0, 0.05) is 11.8 Å². The zero-order chi connectivity index (χ0) is 16.3. The monoisotopic (exact) mass is 343 g/mol. The molecule has 3 N–H and O–H groups in total. The van der Waals surface area contributed by atoms with Crippen LogP contribution in [0, 0.1) is 0 Å². The van der Waals surface area contributed by atoms with Crippen molar-refractivity contribution in [2.24, 2.45) is 0 Å². The minimum Gasteiger partial charge on any atom is -0.548 e. The number of nitrogens with one attached hydrogen (secondary N) is 1. The third-order valence-corrected chi connectivity index (χ3v) is 3.75. The smallest absolute Gasteiger partial charge is 0.548 e. The van der Waals surface area contributed by atoms with Gasteiger partial charge in [0.15, 0.2) is 5.13 Å². The number of hydrogen-bond donors (Lipinski definition) is 2. The van der Waals surface area contributed by atoms with E-state index in [1.807, 2.05) is 0 Å². The quantitative estimate of drug-likeness (QED) is 0.346. The van der Waals surface area contributed by atoms with Crippen LogP contribution in [0.15, 0.2) is 30.0 Å². The van der Waals surface area contributed by atoms with Crippen molar-refractivity contribution in [3.8, 4) is 0 Å². The third-order valence-electron chi connectivity index (χ3n) is 2.91. The SMILES string of the molecule is COC(=O)/C=C(\C)NC(C(=O)[O-])c1ccc2nc(N)sc2c1.[Na+]. The molecule has 0 aliphatic rings. The van der Waals surface area contributed by atoms with E-state index in [0.29, 0.717) is 21.9 Å². The first-order chi connectivity index (χ1) is 10.4. The molecule has 1 unspecified atom stereocenters. The molecule has 9 heteroatoms. The van der Waals surface area contributed by atoms with E-state index in [9.17, 15) is 14.7 Å². The molecular formula is C14H14N3NaO4S. The number of carbonyl (C=O) groups excluding carboxylic acids is 2. The minimum atomic E-state index is -1.31. The number of anilines is 1. The van der Waals surface area contributed by atoms with E-state index in [0.717, 1.165) is 4.70 Å². The van der Waals surface area contributed by atoms with Gasteiger partial charge in [-0.2, -0.15) is 0 Å². The van der Waals surface area contributed by atoms with Gasteiger partial charge in [0.05, 0.1) is 29.3 Å². The van der Waals surface area contributed by atoms with Gasteiger partial charge in [0.25, 0.3) is 0 Å². The zero-order valence-electron chi connectivity index (χ0n) is 13.0. The molecule has 116 valence electrons. The van der Waals surface area contributed by atoms with Crippen molar-refractivity contribution < 1.29 is 49.0 Å². The van der Waals surface area contributed by atoms with Crippen LogP contribution >= 0.6 is 11.3 Å². The summed E-state index contributed by atoms with van der Waals surface area (Å²) in [6, 6.07) is 3.89. The molecular weight excluding hydrogens is 329 g/mol. The number of hydrogen-bond acceptors (Lipinski definition) is 8. The first-order valence-corrected chi connectivity index (χ1v) is 7.12. The van der Waals surface area contributed by atoms with E-state index in [2.05, 4.69) is 15.0 Å². The Kier molecular flexibility index (Phi) is 7.01. The van der Waals surface area contributed by atoms with Crippen molar-refractivity contribution >= 4 is 38.6 Å². The number of carboxylic acids is 1. The van der Waals surface area contributed by atoms with Crippen LogP contribution in [0.2, 0.25) is 0 Å². The second-order valence-corrected chi connectivity index (χ2v) is 5.59. The van der Waals surface area contributed by atoms with Gasteiger partial charge in [-0.05, 0) is 24.6 Å². The van der Waals surface area contributed by atoms with E-state index in [1.54, 1.807) is 25.1 Å². The van der Waals surface area contributed by atoms with Gasteiger partial charge in [-0.3, -0.25) is 0 Å². The molecule has 0 spiro atoms. The normalized spacial score (nSPS) is 12.3. The number of fused-ring (bicyclic) bond motifs is 1. The third kappa shape index (κ3) is 4.93. The number of nitrogens with two attached hydrogens (primary N) is 1. The zero-order valence-corrected chi connectivity index (χ0v) is 15.8.